The van der Waals surface area contributed by atoms with Crippen LogP contribution in [0.4, 0.5) is 0 Å². The molecule has 3 aromatic rings. The molecule has 0 saturated carbocycles. The van der Waals surface area contributed by atoms with E-state index in [4.69, 9.17) is 4.42 Å². The number of aryl methyl sites for hydroxylation is 1. The standard InChI is InChI=1S/C18H14O2/c1-13-6-8-14(9-7-13)10-11-16(19)18-12-15-4-2-3-5-17(15)20-18/h2-12H,1H3/b11-10+. The van der Waals surface area contributed by atoms with Crippen LogP contribution < -0.4 is 0 Å². The first kappa shape index (κ1) is 12.4. The van der Waals surface area contributed by atoms with Gasteiger partial charge in [0, 0.05) is 5.39 Å². The number of para-hydroxylation sites is 1. The zero-order chi connectivity index (χ0) is 13.9. The van der Waals surface area contributed by atoms with Gasteiger partial charge in [-0.05, 0) is 30.7 Å². The van der Waals surface area contributed by atoms with E-state index in [0.717, 1.165) is 16.5 Å². The summed E-state index contributed by atoms with van der Waals surface area (Å²) in [5.74, 6) is 0.247. The van der Waals surface area contributed by atoms with Gasteiger partial charge < -0.3 is 4.42 Å². The molecule has 0 aliphatic rings. The van der Waals surface area contributed by atoms with E-state index in [-0.39, 0.29) is 5.78 Å². The van der Waals surface area contributed by atoms with Crippen molar-refractivity contribution in [2.45, 2.75) is 6.92 Å². The highest BCUT2D eigenvalue weighted by Crippen LogP contribution is 2.19. The van der Waals surface area contributed by atoms with Crippen LogP contribution in [0.3, 0.4) is 0 Å². The Bertz CT molecular complexity index is 744. The van der Waals surface area contributed by atoms with Crippen molar-refractivity contribution in [3.8, 4) is 0 Å². The molecular weight excluding hydrogens is 248 g/mol. The fourth-order valence-electron chi connectivity index (χ4n) is 2.03. The number of furan rings is 1. The topological polar surface area (TPSA) is 30.2 Å². The predicted octanol–water partition coefficient (Wildman–Crippen LogP) is 4.64. The van der Waals surface area contributed by atoms with E-state index in [1.165, 1.54) is 5.56 Å². The quantitative estimate of drug-likeness (QED) is 0.508. The van der Waals surface area contributed by atoms with Crippen molar-refractivity contribution in [3.05, 3.63) is 77.6 Å². The average Bonchev–Trinajstić information content (AvgIpc) is 2.90. The smallest absolute Gasteiger partial charge is 0.221 e. The number of rotatable bonds is 3. The summed E-state index contributed by atoms with van der Waals surface area (Å²) in [6.07, 6.45) is 3.34. The average molecular weight is 262 g/mol. The molecule has 0 unspecified atom stereocenters. The maximum atomic E-state index is 12.1. The van der Waals surface area contributed by atoms with E-state index in [9.17, 15) is 4.79 Å². The van der Waals surface area contributed by atoms with Gasteiger partial charge in [-0.15, -0.1) is 0 Å². The second kappa shape index (κ2) is 5.17. The lowest BCUT2D eigenvalue weighted by atomic mass is 10.1. The number of carbonyl (C=O) groups is 1. The van der Waals surface area contributed by atoms with Gasteiger partial charge in [-0.1, -0.05) is 54.1 Å². The third-order valence-electron chi connectivity index (χ3n) is 3.17. The summed E-state index contributed by atoms with van der Waals surface area (Å²) in [6, 6.07) is 17.4. The summed E-state index contributed by atoms with van der Waals surface area (Å²) in [5.41, 5.74) is 2.94. The minimum Gasteiger partial charge on any atom is -0.453 e. The first-order valence-corrected chi connectivity index (χ1v) is 6.50. The van der Waals surface area contributed by atoms with Crippen LogP contribution in [0.2, 0.25) is 0 Å². The molecule has 98 valence electrons. The van der Waals surface area contributed by atoms with Crippen LogP contribution in [-0.4, -0.2) is 5.78 Å². The van der Waals surface area contributed by atoms with E-state index in [1.807, 2.05) is 55.5 Å². The minimum absolute atomic E-state index is 0.123. The van der Waals surface area contributed by atoms with E-state index >= 15 is 0 Å². The fourth-order valence-corrected chi connectivity index (χ4v) is 2.03. The van der Waals surface area contributed by atoms with Crippen LogP contribution in [0.15, 0.2) is 65.1 Å². The third-order valence-corrected chi connectivity index (χ3v) is 3.17. The Balaban J connectivity index is 1.83. The zero-order valence-electron chi connectivity index (χ0n) is 11.2. The van der Waals surface area contributed by atoms with Gasteiger partial charge >= 0.3 is 0 Å². The molecule has 2 nitrogen and oxygen atoms in total. The SMILES string of the molecule is Cc1ccc(/C=C/C(=O)c2cc3ccccc3o2)cc1. The molecule has 1 heterocycles. The molecule has 3 rings (SSSR count). The Labute approximate surface area is 117 Å². The highest BCUT2D eigenvalue weighted by molar-refractivity contribution is 6.06. The Kier molecular flexibility index (Phi) is 3.21. The molecule has 0 aliphatic heterocycles. The second-order valence-electron chi connectivity index (χ2n) is 4.76. The predicted molar refractivity (Wildman–Crippen MR) is 80.8 cm³/mol. The summed E-state index contributed by atoms with van der Waals surface area (Å²) < 4.78 is 5.54. The number of fused-ring (bicyclic) bond motifs is 1. The van der Waals surface area contributed by atoms with Gasteiger partial charge in [0.1, 0.15) is 5.58 Å². The molecule has 0 bridgehead atoms. The molecule has 0 radical (unpaired) electrons. The number of hydrogen-bond acceptors (Lipinski definition) is 2. The first-order valence-electron chi connectivity index (χ1n) is 6.50. The Morgan fingerprint density at radius 3 is 2.55 bits per heavy atom. The van der Waals surface area contributed by atoms with Crippen molar-refractivity contribution in [3.63, 3.8) is 0 Å². The number of hydrogen-bond donors (Lipinski definition) is 0. The summed E-state index contributed by atoms with van der Waals surface area (Å²) in [4.78, 5) is 12.1. The normalized spacial score (nSPS) is 11.2. The molecular formula is C18H14O2. The lowest BCUT2D eigenvalue weighted by Gasteiger charge is -1.94. The van der Waals surface area contributed by atoms with Crippen LogP contribution in [0.1, 0.15) is 21.7 Å². The van der Waals surface area contributed by atoms with E-state index in [0.29, 0.717) is 5.76 Å². The van der Waals surface area contributed by atoms with E-state index < -0.39 is 0 Å². The maximum absolute atomic E-state index is 12.1. The zero-order valence-corrected chi connectivity index (χ0v) is 11.2. The molecule has 0 atom stereocenters. The van der Waals surface area contributed by atoms with Crippen LogP contribution in [-0.2, 0) is 0 Å². The second-order valence-corrected chi connectivity index (χ2v) is 4.76. The fraction of sp³-hybridized carbons (Fsp3) is 0.0556. The Morgan fingerprint density at radius 1 is 1.05 bits per heavy atom. The molecule has 2 aromatic carbocycles. The molecule has 0 amide bonds. The third kappa shape index (κ3) is 2.54. The summed E-state index contributed by atoms with van der Waals surface area (Å²) >= 11 is 0. The number of allylic oxidation sites excluding steroid dienone is 1. The van der Waals surface area contributed by atoms with Crippen molar-refractivity contribution >= 4 is 22.8 Å². The molecule has 0 N–H and O–H groups in total. The van der Waals surface area contributed by atoms with Crippen molar-refractivity contribution in [1.29, 1.82) is 0 Å². The monoisotopic (exact) mass is 262 g/mol. The van der Waals surface area contributed by atoms with Crippen molar-refractivity contribution < 1.29 is 9.21 Å². The Hall–Kier alpha value is -2.61. The molecule has 2 heteroatoms. The van der Waals surface area contributed by atoms with Crippen molar-refractivity contribution in [2.24, 2.45) is 0 Å². The highest BCUT2D eigenvalue weighted by atomic mass is 16.3. The minimum atomic E-state index is -0.123. The number of benzene rings is 2. The molecule has 0 aliphatic carbocycles. The van der Waals surface area contributed by atoms with Gasteiger partial charge in [0.25, 0.3) is 0 Å². The Morgan fingerprint density at radius 2 is 1.80 bits per heavy atom. The summed E-state index contributed by atoms with van der Waals surface area (Å²) in [5, 5.41) is 0.944. The molecule has 20 heavy (non-hydrogen) atoms. The molecule has 0 saturated heterocycles. The van der Waals surface area contributed by atoms with Crippen molar-refractivity contribution in [2.75, 3.05) is 0 Å². The van der Waals surface area contributed by atoms with Gasteiger partial charge in [0.15, 0.2) is 5.76 Å². The van der Waals surface area contributed by atoms with Crippen LogP contribution >= 0.6 is 0 Å². The van der Waals surface area contributed by atoms with Gasteiger partial charge in [0.05, 0.1) is 0 Å². The summed E-state index contributed by atoms with van der Waals surface area (Å²) in [6.45, 7) is 2.03. The highest BCUT2D eigenvalue weighted by Gasteiger charge is 2.08. The van der Waals surface area contributed by atoms with Crippen molar-refractivity contribution in [1.82, 2.24) is 0 Å². The lowest BCUT2D eigenvalue weighted by molar-refractivity contribution is 0.102. The molecule has 0 spiro atoms. The van der Waals surface area contributed by atoms with Gasteiger partial charge in [-0.2, -0.15) is 0 Å². The van der Waals surface area contributed by atoms with Gasteiger partial charge in [0.2, 0.25) is 5.78 Å². The van der Waals surface area contributed by atoms with E-state index in [1.54, 1.807) is 18.2 Å². The first-order chi connectivity index (χ1) is 9.72. The van der Waals surface area contributed by atoms with Crippen LogP contribution in [0.5, 0.6) is 0 Å². The molecule has 1 aromatic heterocycles. The lowest BCUT2D eigenvalue weighted by Crippen LogP contribution is -1.90. The van der Waals surface area contributed by atoms with E-state index in [2.05, 4.69) is 0 Å². The van der Waals surface area contributed by atoms with Gasteiger partial charge in [-0.25, -0.2) is 0 Å². The summed E-state index contributed by atoms with van der Waals surface area (Å²) in [7, 11) is 0. The number of ketones is 1. The largest absolute Gasteiger partial charge is 0.453 e. The number of carbonyl (C=O) groups excluding carboxylic acids is 1. The maximum Gasteiger partial charge on any atom is 0.221 e. The molecule has 0 fully saturated rings. The van der Waals surface area contributed by atoms with Crippen LogP contribution in [0, 0.1) is 6.92 Å². The van der Waals surface area contributed by atoms with Gasteiger partial charge in [-0.3, -0.25) is 4.79 Å². The van der Waals surface area contributed by atoms with Crippen LogP contribution in [0.25, 0.3) is 17.0 Å².